The Morgan fingerprint density at radius 2 is 1.63 bits per heavy atom. The number of unbranched alkanes of at least 4 members (excludes halogenated alkanes) is 2. The van der Waals surface area contributed by atoms with Gasteiger partial charge < -0.3 is 25.2 Å². The highest BCUT2D eigenvalue weighted by atomic mass is 16.7. The van der Waals surface area contributed by atoms with E-state index in [1.54, 1.807) is 6.07 Å². The number of hydroxylamine groups is 2. The van der Waals surface area contributed by atoms with E-state index in [0.29, 0.717) is 40.8 Å². The molecule has 2 aromatic rings. The minimum atomic E-state index is -1.31. The van der Waals surface area contributed by atoms with Gasteiger partial charge in [0.25, 0.3) is 11.8 Å². The molecule has 0 unspecified atom stereocenters. The quantitative estimate of drug-likeness (QED) is 0.140. The SMILES string of the molecule is NC(=O)c1ccc(-c2c3ccc(=O)cc-3oc3cc(O)ccc23)c(C(=O)O)c1CCCCCC(=O)ON1C(=O)CCC1=O. The first-order chi connectivity index (χ1) is 20.5. The normalized spacial score (nSPS) is 13.2. The average Bonchev–Trinajstić information content (AvgIpc) is 3.27. The number of imide groups is 1. The van der Waals surface area contributed by atoms with Crippen LogP contribution >= 0.6 is 0 Å². The summed E-state index contributed by atoms with van der Waals surface area (Å²) in [5.41, 5.74) is 6.73. The van der Waals surface area contributed by atoms with Crippen LogP contribution < -0.4 is 11.2 Å². The third-order valence-electron chi connectivity index (χ3n) is 7.24. The molecule has 43 heavy (non-hydrogen) atoms. The Morgan fingerprint density at radius 3 is 2.33 bits per heavy atom. The van der Waals surface area contributed by atoms with Crippen molar-refractivity contribution >= 4 is 40.6 Å². The van der Waals surface area contributed by atoms with Crippen LogP contribution in [0, 0.1) is 0 Å². The molecule has 2 heterocycles. The van der Waals surface area contributed by atoms with Crippen LogP contribution in [0.15, 0.2) is 57.7 Å². The van der Waals surface area contributed by atoms with Crippen LogP contribution in [0.3, 0.4) is 0 Å². The number of hydrogen-bond acceptors (Lipinski definition) is 9. The Bertz CT molecular complexity index is 1820. The number of primary amides is 1. The summed E-state index contributed by atoms with van der Waals surface area (Å²) in [6.07, 6.45) is 1.16. The van der Waals surface area contributed by atoms with Crippen molar-refractivity contribution in [1.29, 1.82) is 0 Å². The molecule has 1 fully saturated rings. The second-order valence-electron chi connectivity index (χ2n) is 10.1. The topological polar surface area (TPSA) is 195 Å². The lowest BCUT2D eigenvalue weighted by atomic mass is 9.85. The highest BCUT2D eigenvalue weighted by molar-refractivity contribution is 6.10. The number of carboxylic acid groups (broad SMARTS) is 1. The summed E-state index contributed by atoms with van der Waals surface area (Å²) in [5, 5.41) is 21.4. The second kappa shape index (κ2) is 11.8. The molecule has 220 valence electrons. The summed E-state index contributed by atoms with van der Waals surface area (Å²) in [6.45, 7) is 0. The van der Waals surface area contributed by atoms with E-state index in [1.807, 2.05) is 0 Å². The minimum Gasteiger partial charge on any atom is -0.508 e. The summed E-state index contributed by atoms with van der Waals surface area (Å²) in [4.78, 5) is 77.5. The maximum absolute atomic E-state index is 12.8. The van der Waals surface area contributed by atoms with Gasteiger partial charge in [0.1, 0.15) is 17.1 Å². The fraction of sp³-hybridized carbons (Fsp3) is 0.226. The molecule has 12 nitrogen and oxygen atoms in total. The predicted octanol–water partition coefficient (Wildman–Crippen LogP) is 3.78. The lowest BCUT2D eigenvalue weighted by molar-refractivity contribution is -0.197. The fourth-order valence-corrected chi connectivity index (χ4v) is 5.29. The fourth-order valence-electron chi connectivity index (χ4n) is 5.29. The Labute approximate surface area is 243 Å². The van der Waals surface area contributed by atoms with E-state index in [9.17, 15) is 39.0 Å². The minimum absolute atomic E-state index is 0.00915. The first kappa shape index (κ1) is 29.0. The number of carbonyl (C=O) groups is 5. The van der Waals surface area contributed by atoms with Gasteiger partial charge in [-0.25, -0.2) is 9.59 Å². The highest BCUT2D eigenvalue weighted by Gasteiger charge is 2.32. The van der Waals surface area contributed by atoms with E-state index in [4.69, 9.17) is 15.0 Å². The van der Waals surface area contributed by atoms with Gasteiger partial charge in [-0.3, -0.25) is 19.2 Å². The van der Waals surface area contributed by atoms with Gasteiger partial charge in [-0.05, 0) is 60.7 Å². The van der Waals surface area contributed by atoms with Crippen molar-refractivity contribution in [2.45, 2.75) is 44.9 Å². The van der Waals surface area contributed by atoms with Crippen LogP contribution in [-0.4, -0.2) is 44.9 Å². The number of carboxylic acids is 1. The molecule has 2 aromatic carbocycles. The number of nitrogens with two attached hydrogens (primary N) is 1. The van der Waals surface area contributed by atoms with Crippen molar-refractivity contribution in [3.05, 3.63) is 75.4 Å². The van der Waals surface area contributed by atoms with Gasteiger partial charge >= 0.3 is 11.9 Å². The van der Waals surface area contributed by atoms with E-state index in [1.165, 1.54) is 42.5 Å². The molecule has 12 heteroatoms. The number of fused-ring (bicyclic) bond motifs is 2. The van der Waals surface area contributed by atoms with Crippen LogP contribution in [0.1, 0.15) is 64.8 Å². The molecular formula is C31H26N2O10. The number of hydrogen-bond donors (Lipinski definition) is 3. The maximum atomic E-state index is 12.8. The molecule has 4 N–H and O–H groups in total. The van der Waals surface area contributed by atoms with Crippen molar-refractivity contribution < 1.29 is 43.4 Å². The molecule has 5 rings (SSSR count). The molecule has 0 bridgehead atoms. The standard InChI is InChI=1S/C31H26N2O10/c32-30(39)19-10-11-22(28-20-8-6-16(34)14-23(20)42-24-15-17(35)7-9-21(24)28)29(31(40)41)18(19)4-2-1-3-5-27(38)43-33-25(36)12-13-26(33)37/h6-11,14-15,34H,1-5,12-13H2,(H2,32,39)(H,40,41). The highest BCUT2D eigenvalue weighted by Crippen LogP contribution is 2.43. The van der Waals surface area contributed by atoms with Crippen molar-refractivity contribution in [1.82, 2.24) is 5.06 Å². The zero-order chi connectivity index (χ0) is 30.8. The summed E-state index contributed by atoms with van der Waals surface area (Å²) in [5.74, 6) is -3.92. The molecule has 3 aliphatic rings. The van der Waals surface area contributed by atoms with Crippen LogP contribution in [0.4, 0.5) is 0 Å². The molecule has 0 aromatic heterocycles. The van der Waals surface area contributed by atoms with Gasteiger partial charge in [-0.2, -0.15) is 0 Å². The first-order valence-electron chi connectivity index (χ1n) is 13.5. The number of phenolic OH excluding ortho intramolecular Hbond substituents is 1. The summed E-state index contributed by atoms with van der Waals surface area (Å²) >= 11 is 0. The predicted molar refractivity (Wildman–Crippen MR) is 151 cm³/mol. The Hall–Kier alpha value is -5.52. The summed E-state index contributed by atoms with van der Waals surface area (Å²) in [7, 11) is 0. The van der Waals surface area contributed by atoms with Gasteiger partial charge in [-0.15, -0.1) is 5.06 Å². The van der Waals surface area contributed by atoms with Crippen LogP contribution in [0.5, 0.6) is 5.75 Å². The lowest BCUT2D eigenvalue weighted by Gasteiger charge is -2.20. The third kappa shape index (κ3) is 5.80. The van der Waals surface area contributed by atoms with Gasteiger partial charge in [0.05, 0.1) is 5.56 Å². The molecule has 2 aliphatic heterocycles. The Morgan fingerprint density at radius 1 is 0.907 bits per heavy atom. The monoisotopic (exact) mass is 586 g/mol. The molecule has 0 saturated carbocycles. The number of phenols is 1. The summed E-state index contributed by atoms with van der Waals surface area (Å²) in [6, 6.07) is 11.4. The Kier molecular flexibility index (Phi) is 7.93. The maximum Gasteiger partial charge on any atom is 0.336 e. The van der Waals surface area contributed by atoms with E-state index < -0.39 is 29.7 Å². The number of benzene rings is 3. The van der Waals surface area contributed by atoms with Gasteiger partial charge in [-0.1, -0.05) is 12.5 Å². The van der Waals surface area contributed by atoms with Gasteiger partial charge in [0.2, 0.25) is 5.91 Å². The van der Waals surface area contributed by atoms with E-state index >= 15 is 0 Å². The van der Waals surface area contributed by atoms with E-state index in [0.717, 1.165) is 0 Å². The molecule has 1 saturated heterocycles. The number of amides is 3. The van der Waals surface area contributed by atoms with Crippen molar-refractivity contribution in [3.63, 3.8) is 0 Å². The largest absolute Gasteiger partial charge is 0.508 e. The molecule has 0 spiro atoms. The molecule has 0 radical (unpaired) electrons. The zero-order valence-corrected chi connectivity index (χ0v) is 22.8. The number of aromatic hydroxyl groups is 1. The number of rotatable bonds is 10. The third-order valence-corrected chi connectivity index (χ3v) is 7.24. The number of nitrogens with zero attached hydrogens (tertiary/aromatic N) is 1. The van der Waals surface area contributed by atoms with E-state index in [2.05, 4.69) is 0 Å². The van der Waals surface area contributed by atoms with Gasteiger partial charge in [0, 0.05) is 53.5 Å². The van der Waals surface area contributed by atoms with Crippen molar-refractivity contribution in [2.24, 2.45) is 5.73 Å². The lowest BCUT2D eigenvalue weighted by Crippen LogP contribution is -2.31. The average molecular weight is 587 g/mol. The smallest absolute Gasteiger partial charge is 0.336 e. The van der Waals surface area contributed by atoms with Gasteiger partial charge in [0.15, 0.2) is 5.43 Å². The Balaban J connectivity index is 1.47. The molecule has 0 atom stereocenters. The number of aromatic carboxylic acids is 1. The van der Waals surface area contributed by atoms with Crippen molar-refractivity contribution in [2.75, 3.05) is 0 Å². The zero-order valence-electron chi connectivity index (χ0n) is 22.8. The van der Waals surface area contributed by atoms with Crippen LogP contribution in [-0.2, 0) is 25.6 Å². The molecule has 1 aliphatic carbocycles. The van der Waals surface area contributed by atoms with E-state index in [-0.39, 0.29) is 70.5 Å². The second-order valence-corrected chi connectivity index (χ2v) is 10.1. The molecule has 3 amide bonds. The first-order valence-corrected chi connectivity index (χ1v) is 13.5. The molecular weight excluding hydrogens is 560 g/mol. The van der Waals surface area contributed by atoms with Crippen LogP contribution in [0.2, 0.25) is 0 Å². The number of carbonyl (C=O) groups excluding carboxylic acids is 4. The van der Waals surface area contributed by atoms with Crippen LogP contribution in [0.25, 0.3) is 33.4 Å². The summed E-state index contributed by atoms with van der Waals surface area (Å²) < 4.78 is 5.87. The van der Waals surface area contributed by atoms with Crippen molar-refractivity contribution in [3.8, 4) is 28.2 Å².